The zero-order valence-corrected chi connectivity index (χ0v) is 23.6. The van der Waals surface area contributed by atoms with Crippen LogP contribution >= 0.6 is 45.2 Å². The number of hydrogen-bond acceptors (Lipinski definition) is 0. The highest BCUT2D eigenvalue weighted by molar-refractivity contribution is 14.1. The van der Waals surface area contributed by atoms with Crippen LogP contribution in [0.25, 0.3) is 65.3 Å². The molecule has 2 heteroatoms. The van der Waals surface area contributed by atoms with Gasteiger partial charge in [-0.1, -0.05) is 97.1 Å². The van der Waals surface area contributed by atoms with Crippen molar-refractivity contribution in [2.75, 3.05) is 0 Å². The third-order valence-corrected chi connectivity index (χ3v) is 8.50. The highest BCUT2D eigenvalue weighted by Crippen LogP contribution is 2.48. The molecule has 0 atom stereocenters. The summed E-state index contributed by atoms with van der Waals surface area (Å²) in [5.41, 5.74) is 5.19. The Morgan fingerprint density at radius 1 is 0.333 bits per heavy atom. The van der Waals surface area contributed by atoms with Crippen LogP contribution in [0.5, 0.6) is 0 Å². The maximum Gasteiger partial charge on any atom is 0.0136 e. The van der Waals surface area contributed by atoms with Crippen molar-refractivity contribution in [2.45, 2.75) is 0 Å². The molecule has 0 heterocycles. The van der Waals surface area contributed by atoms with Crippen molar-refractivity contribution < 1.29 is 0 Å². The molecule has 7 aromatic rings. The molecule has 0 amide bonds. The van der Waals surface area contributed by atoms with E-state index in [-0.39, 0.29) is 0 Å². The van der Waals surface area contributed by atoms with Crippen LogP contribution in [0.4, 0.5) is 0 Å². The van der Waals surface area contributed by atoms with E-state index in [1.54, 1.807) is 0 Å². The molecule has 0 aromatic heterocycles. The fourth-order valence-electron chi connectivity index (χ4n) is 5.63. The van der Waals surface area contributed by atoms with Gasteiger partial charge in [0.15, 0.2) is 0 Å². The third kappa shape index (κ3) is 3.53. The first-order valence-electron chi connectivity index (χ1n) is 12.0. The Balaban J connectivity index is 1.79. The zero-order valence-electron chi connectivity index (χ0n) is 19.3. The van der Waals surface area contributed by atoms with Gasteiger partial charge in [0.25, 0.3) is 0 Å². The summed E-state index contributed by atoms with van der Waals surface area (Å²) < 4.78 is 2.49. The fourth-order valence-corrected chi connectivity index (χ4v) is 6.61. The Labute approximate surface area is 237 Å². The van der Waals surface area contributed by atoms with E-state index in [1.165, 1.54) is 72.5 Å². The summed E-state index contributed by atoms with van der Waals surface area (Å²) in [5, 5.41) is 10.3. The summed E-state index contributed by atoms with van der Waals surface area (Å²) in [6, 6.07) is 44.7. The first kappa shape index (κ1) is 22.3. The van der Waals surface area contributed by atoms with Crippen molar-refractivity contribution in [3.05, 3.63) is 128 Å². The van der Waals surface area contributed by atoms with Gasteiger partial charge in [-0.3, -0.25) is 0 Å². The molecule has 0 aliphatic rings. The molecule has 170 valence electrons. The topological polar surface area (TPSA) is 0 Å². The van der Waals surface area contributed by atoms with Gasteiger partial charge < -0.3 is 0 Å². The van der Waals surface area contributed by atoms with Crippen LogP contribution in [0, 0.1) is 7.14 Å². The summed E-state index contributed by atoms with van der Waals surface area (Å²) >= 11 is 4.90. The van der Waals surface area contributed by atoms with E-state index in [1.807, 2.05) is 0 Å². The molecule has 36 heavy (non-hydrogen) atoms. The molecule has 0 unspecified atom stereocenters. The van der Waals surface area contributed by atoms with E-state index in [4.69, 9.17) is 0 Å². The first-order valence-corrected chi connectivity index (χ1v) is 14.2. The highest BCUT2D eigenvalue weighted by atomic mass is 127. The Hall–Kier alpha value is -2.96. The summed E-state index contributed by atoms with van der Waals surface area (Å²) in [5.74, 6) is 0. The van der Waals surface area contributed by atoms with Crippen molar-refractivity contribution in [1.29, 1.82) is 0 Å². The molecule has 0 saturated heterocycles. The van der Waals surface area contributed by atoms with E-state index in [0.717, 1.165) is 0 Å². The van der Waals surface area contributed by atoms with Gasteiger partial charge in [0.1, 0.15) is 0 Å². The average molecular weight is 682 g/mol. The van der Waals surface area contributed by atoms with Gasteiger partial charge in [-0.15, -0.1) is 0 Å². The van der Waals surface area contributed by atoms with Crippen LogP contribution in [-0.4, -0.2) is 0 Å². The molecular formula is C34H20I2. The standard InChI is InChI=1S/C34H20I2/c35-23-15-17-27-28-18-16-24(36)20-32(28)34(30-14-6-10-22-8-2-4-12-26(22)30)33(31(27)19-23)29-13-5-9-21-7-1-3-11-25(21)29/h1-20H. The van der Waals surface area contributed by atoms with Crippen LogP contribution in [0.2, 0.25) is 0 Å². The second-order valence-corrected chi connectivity index (χ2v) is 11.7. The van der Waals surface area contributed by atoms with Gasteiger partial charge in [0, 0.05) is 7.14 Å². The fraction of sp³-hybridized carbons (Fsp3) is 0. The molecule has 7 aromatic carbocycles. The van der Waals surface area contributed by atoms with E-state index in [0.29, 0.717) is 0 Å². The predicted octanol–water partition coefficient (Wildman–Crippen LogP) is 10.8. The lowest BCUT2D eigenvalue weighted by molar-refractivity contribution is 1.65. The molecule has 0 saturated carbocycles. The average Bonchev–Trinajstić information content (AvgIpc) is 2.91. The van der Waals surface area contributed by atoms with Crippen LogP contribution in [0.3, 0.4) is 0 Å². The summed E-state index contributed by atoms with van der Waals surface area (Å²) in [4.78, 5) is 0. The molecule has 0 bridgehead atoms. The van der Waals surface area contributed by atoms with Crippen LogP contribution in [-0.2, 0) is 0 Å². The monoisotopic (exact) mass is 682 g/mol. The van der Waals surface area contributed by atoms with Gasteiger partial charge in [-0.2, -0.15) is 0 Å². The summed E-state index contributed by atoms with van der Waals surface area (Å²) in [6.07, 6.45) is 0. The van der Waals surface area contributed by atoms with Gasteiger partial charge in [0.05, 0.1) is 0 Å². The maximum atomic E-state index is 2.45. The van der Waals surface area contributed by atoms with Crippen molar-refractivity contribution >= 4 is 88.3 Å². The number of rotatable bonds is 2. The van der Waals surface area contributed by atoms with E-state index < -0.39 is 0 Å². The molecule has 0 aliphatic carbocycles. The van der Waals surface area contributed by atoms with Crippen molar-refractivity contribution in [3.8, 4) is 22.3 Å². The van der Waals surface area contributed by atoms with E-state index in [2.05, 4.69) is 167 Å². The normalized spacial score (nSPS) is 11.6. The molecule has 7 rings (SSSR count). The minimum Gasteiger partial charge on any atom is -0.0616 e. The maximum absolute atomic E-state index is 2.45. The molecular weight excluding hydrogens is 662 g/mol. The lowest BCUT2D eigenvalue weighted by Gasteiger charge is -2.21. The third-order valence-electron chi connectivity index (χ3n) is 7.16. The number of hydrogen-bond donors (Lipinski definition) is 0. The minimum absolute atomic E-state index is 1.25. The number of halogens is 2. The minimum atomic E-state index is 1.25. The molecule has 0 fully saturated rings. The van der Waals surface area contributed by atoms with Crippen LogP contribution < -0.4 is 0 Å². The zero-order chi connectivity index (χ0) is 24.2. The van der Waals surface area contributed by atoms with Gasteiger partial charge in [-0.05, 0) is 135 Å². The lowest BCUT2D eigenvalue weighted by atomic mass is 9.82. The Morgan fingerprint density at radius 3 is 1.22 bits per heavy atom. The molecule has 0 aliphatic heterocycles. The second-order valence-electron chi connectivity index (χ2n) is 9.18. The Bertz CT molecular complexity index is 1810. The van der Waals surface area contributed by atoms with Gasteiger partial charge >= 0.3 is 0 Å². The predicted molar refractivity (Wildman–Crippen MR) is 173 cm³/mol. The Kier molecular flexibility index (Phi) is 5.47. The summed E-state index contributed by atoms with van der Waals surface area (Å²) in [6.45, 7) is 0. The summed E-state index contributed by atoms with van der Waals surface area (Å²) in [7, 11) is 0. The molecule has 0 spiro atoms. The SMILES string of the molecule is Ic1ccc2c(c1)c(-c1cccc3ccccc13)c(-c1cccc3ccccc13)c1cc(I)ccc12. The largest absolute Gasteiger partial charge is 0.0616 e. The van der Waals surface area contributed by atoms with E-state index in [9.17, 15) is 0 Å². The first-order chi connectivity index (χ1) is 17.7. The number of fused-ring (bicyclic) bond motifs is 5. The Morgan fingerprint density at radius 2 is 0.750 bits per heavy atom. The van der Waals surface area contributed by atoms with Crippen molar-refractivity contribution in [2.24, 2.45) is 0 Å². The molecule has 0 N–H and O–H groups in total. The second kappa shape index (κ2) is 8.86. The number of benzene rings is 7. The lowest BCUT2D eigenvalue weighted by Crippen LogP contribution is -1.94. The quantitative estimate of drug-likeness (QED) is 0.126. The van der Waals surface area contributed by atoms with Gasteiger partial charge in [0.2, 0.25) is 0 Å². The molecule has 0 nitrogen and oxygen atoms in total. The van der Waals surface area contributed by atoms with Crippen LogP contribution in [0.1, 0.15) is 0 Å². The van der Waals surface area contributed by atoms with E-state index >= 15 is 0 Å². The van der Waals surface area contributed by atoms with Crippen molar-refractivity contribution in [1.82, 2.24) is 0 Å². The van der Waals surface area contributed by atoms with Crippen LogP contribution in [0.15, 0.2) is 121 Å². The van der Waals surface area contributed by atoms with Crippen molar-refractivity contribution in [3.63, 3.8) is 0 Å². The van der Waals surface area contributed by atoms with Gasteiger partial charge in [-0.25, -0.2) is 0 Å². The highest BCUT2D eigenvalue weighted by Gasteiger charge is 2.20. The molecule has 0 radical (unpaired) electrons. The smallest absolute Gasteiger partial charge is 0.0136 e.